The van der Waals surface area contributed by atoms with Gasteiger partial charge in [0.25, 0.3) is 0 Å². The van der Waals surface area contributed by atoms with Gasteiger partial charge >= 0.3 is 0 Å². The Balaban J connectivity index is 1.81. The van der Waals surface area contributed by atoms with Crippen molar-refractivity contribution in [1.29, 1.82) is 0 Å². The fourth-order valence-corrected chi connectivity index (χ4v) is 2.82. The van der Waals surface area contributed by atoms with Gasteiger partial charge in [-0.3, -0.25) is 0 Å². The summed E-state index contributed by atoms with van der Waals surface area (Å²) in [7, 11) is 0. The molecule has 0 radical (unpaired) electrons. The van der Waals surface area contributed by atoms with E-state index in [4.69, 9.17) is 0 Å². The van der Waals surface area contributed by atoms with Gasteiger partial charge in [-0.25, -0.2) is 4.99 Å². The van der Waals surface area contributed by atoms with Gasteiger partial charge in [0.05, 0.1) is 6.34 Å². The van der Waals surface area contributed by atoms with Gasteiger partial charge in [0.2, 0.25) is 0 Å². The minimum absolute atomic E-state index is 1.09. The van der Waals surface area contributed by atoms with E-state index in [0.717, 1.165) is 13.1 Å². The van der Waals surface area contributed by atoms with Crippen LogP contribution in [0.5, 0.6) is 0 Å². The second-order valence-corrected chi connectivity index (χ2v) is 5.56. The van der Waals surface area contributed by atoms with E-state index >= 15 is 0 Å². The molecule has 0 unspecified atom stereocenters. The van der Waals surface area contributed by atoms with Crippen molar-refractivity contribution < 1.29 is 0 Å². The second-order valence-electron chi connectivity index (χ2n) is 5.56. The third-order valence-electron chi connectivity index (χ3n) is 4.01. The van der Waals surface area contributed by atoms with E-state index < -0.39 is 0 Å². The topological polar surface area (TPSA) is 18.8 Å². The van der Waals surface area contributed by atoms with Crippen molar-refractivity contribution in [2.24, 2.45) is 4.99 Å². The molecule has 18 heavy (non-hydrogen) atoms. The Labute approximate surface area is 112 Å². The van der Waals surface area contributed by atoms with Crippen molar-refractivity contribution in [3.8, 4) is 0 Å². The zero-order chi connectivity index (χ0) is 12.8. The number of nitrogens with zero attached hydrogens (tertiary/aromatic N) is 3. The summed E-state index contributed by atoms with van der Waals surface area (Å²) in [6, 6.07) is 0. The van der Waals surface area contributed by atoms with Crippen LogP contribution < -0.4 is 0 Å². The third kappa shape index (κ3) is 3.84. The molecule has 2 rings (SSSR count). The molecule has 0 spiro atoms. The average molecular weight is 249 g/mol. The highest BCUT2D eigenvalue weighted by Gasteiger charge is 2.14. The highest BCUT2D eigenvalue weighted by Crippen LogP contribution is 2.18. The Hall–Kier alpha value is -0.830. The number of rotatable bonds is 5. The predicted molar refractivity (Wildman–Crippen MR) is 78.0 cm³/mol. The molecule has 2 heterocycles. The number of allylic oxidation sites excluding steroid dienone is 1. The molecule has 102 valence electrons. The monoisotopic (exact) mass is 249 g/mol. The SMILES string of the molecule is CCCN1C=NC(C)=C(CCN2CCCCC2)C1. The van der Waals surface area contributed by atoms with Gasteiger partial charge in [0.15, 0.2) is 0 Å². The highest BCUT2D eigenvalue weighted by atomic mass is 15.2. The molecule has 0 amide bonds. The number of hydrogen-bond donors (Lipinski definition) is 0. The summed E-state index contributed by atoms with van der Waals surface area (Å²) in [4.78, 5) is 9.50. The van der Waals surface area contributed by atoms with E-state index in [-0.39, 0.29) is 0 Å². The molecule has 3 nitrogen and oxygen atoms in total. The maximum atomic E-state index is 4.54. The van der Waals surface area contributed by atoms with Crippen molar-refractivity contribution >= 4 is 6.34 Å². The van der Waals surface area contributed by atoms with Gasteiger partial charge in [-0.15, -0.1) is 0 Å². The van der Waals surface area contributed by atoms with Crippen molar-refractivity contribution in [2.45, 2.75) is 46.0 Å². The highest BCUT2D eigenvalue weighted by molar-refractivity contribution is 5.59. The maximum absolute atomic E-state index is 4.54. The van der Waals surface area contributed by atoms with Gasteiger partial charge in [-0.2, -0.15) is 0 Å². The Kier molecular flexibility index (Phi) is 5.24. The first-order valence-electron chi connectivity index (χ1n) is 7.49. The van der Waals surface area contributed by atoms with Crippen molar-refractivity contribution in [3.05, 3.63) is 11.3 Å². The summed E-state index contributed by atoms with van der Waals surface area (Å²) in [6.45, 7) is 10.4. The minimum atomic E-state index is 1.09. The first kappa shape index (κ1) is 13.6. The maximum Gasteiger partial charge on any atom is 0.0911 e. The zero-order valence-corrected chi connectivity index (χ0v) is 12.0. The molecule has 0 atom stereocenters. The first-order valence-corrected chi connectivity index (χ1v) is 7.49. The average Bonchev–Trinajstić information content (AvgIpc) is 2.41. The quantitative estimate of drug-likeness (QED) is 0.746. The van der Waals surface area contributed by atoms with E-state index in [1.54, 1.807) is 0 Å². The molecular formula is C15H27N3. The second kappa shape index (κ2) is 6.93. The molecule has 3 heteroatoms. The van der Waals surface area contributed by atoms with Gasteiger partial charge in [0.1, 0.15) is 0 Å². The molecule has 0 saturated carbocycles. The summed E-state index contributed by atoms with van der Waals surface area (Å²) < 4.78 is 0. The lowest BCUT2D eigenvalue weighted by Gasteiger charge is -2.29. The van der Waals surface area contributed by atoms with E-state index in [1.165, 1.54) is 63.0 Å². The Bertz CT molecular complexity index is 314. The largest absolute Gasteiger partial charge is 0.359 e. The standard InChI is InChI=1S/C15H27N3/c1-3-8-18-12-15(14(2)16-13-18)7-11-17-9-5-4-6-10-17/h13H,3-12H2,1-2H3. The van der Waals surface area contributed by atoms with E-state index in [0.29, 0.717) is 0 Å². The minimum Gasteiger partial charge on any atom is -0.359 e. The molecule has 2 aliphatic heterocycles. The van der Waals surface area contributed by atoms with Crippen molar-refractivity contribution in [1.82, 2.24) is 9.80 Å². The fraction of sp³-hybridized carbons (Fsp3) is 0.800. The van der Waals surface area contributed by atoms with Gasteiger partial charge < -0.3 is 9.80 Å². The third-order valence-corrected chi connectivity index (χ3v) is 4.01. The number of hydrogen-bond acceptors (Lipinski definition) is 3. The van der Waals surface area contributed by atoms with E-state index in [9.17, 15) is 0 Å². The Morgan fingerprint density at radius 1 is 1.17 bits per heavy atom. The van der Waals surface area contributed by atoms with Crippen LogP contribution in [0.4, 0.5) is 0 Å². The van der Waals surface area contributed by atoms with Crippen molar-refractivity contribution in [2.75, 3.05) is 32.7 Å². The lowest BCUT2D eigenvalue weighted by Crippen LogP contribution is -2.33. The number of piperidine rings is 1. The van der Waals surface area contributed by atoms with Crippen LogP contribution in [0.15, 0.2) is 16.3 Å². The van der Waals surface area contributed by atoms with Crippen LogP contribution in [-0.2, 0) is 0 Å². The van der Waals surface area contributed by atoms with Gasteiger partial charge in [-0.05, 0) is 51.3 Å². The van der Waals surface area contributed by atoms with Crippen LogP contribution in [0.3, 0.4) is 0 Å². The zero-order valence-electron chi connectivity index (χ0n) is 12.0. The van der Waals surface area contributed by atoms with Gasteiger partial charge in [-0.1, -0.05) is 13.3 Å². The summed E-state index contributed by atoms with van der Waals surface area (Å²) >= 11 is 0. The molecule has 0 bridgehead atoms. The number of likely N-dealkylation sites (tertiary alicyclic amines) is 1. The molecule has 0 N–H and O–H groups in total. The lowest BCUT2D eigenvalue weighted by molar-refractivity contribution is 0.229. The predicted octanol–water partition coefficient (Wildman–Crippen LogP) is 2.89. The molecule has 2 aliphatic rings. The summed E-state index contributed by atoms with van der Waals surface area (Å²) in [5.74, 6) is 0. The van der Waals surface area contributed by atoms with Crippen LogP contribution in [0.25, 0.3) is 0 Å². The summed E-state index contributed by atoms with van der Waals surface area (Å²) in [5.41, 5.74) is 2.79. The van der Waals surface area contributed by atoms with Crippen LogP contribution in [0, 0.1) is 0 Å². The number of aliphatic imine (C=N–C) groups is 1. The Morgan fingerprint density at radius 3 is 2.67 bits per heavy atom. The first-order chi connectivity index (χ1) is 8.79. The molecule has 0 aromatic heterocycles. The van der Waals surface area contributed by atoms with Crippen LogP contribution in [0.2, 0.25) is 0 Å². The fourth-order valence-electron chi connectivity index (χ4n) is 2.82. The lowest BCUT2D eigenvalue weighted by atomic mass is 10.1. The normalized spacial score (nSPS) is 21.8. The smallest absolute Gasteiger partial charge is 0.0911 e. The van der Waals surface area contributed by atoms with Crippen LogP contribution in [-0.4, -0.2) is 48.9 Å². The van der Waals surface area contributed by atoms with E-state index in [1.807, 2.05) is 6.34 Å². The van der Waals surface area contributed by atoms with Crippen LogP contribution >= 0.6 is 0 Å². The molecule has 1 fully saturated rings. The summed E-state index contributed by atoms with van der Waals surface area (Å²) in [6.07, 6.45) is 8.61. The molecule has 0 aliphatic carbocycles. The molecule has 0 aromatic rings. The molecule has 1 saturated heterocycles. The van der Waals surface area contributed by atoms with Crippen molar-refractivity contribution in [3.63, 3.8) is 0 Å². The van der Waals surface area contributed by atoms with E-state index in [2.05, 4.69) is 28.6 Å². The van der Waals surface area contributed by atoms with Crippen LogP contribution in [0.1, 0.15) is 46.0 Å². The molecule has 0 aromatic carbocycles. The Morgan fingerprint density at radius 2 is 1.94 bits per heavy atom. The molecular weight excluding hydrogens is 222 g/mol. The van der Waals surface area contributed by atoms with Gasteiger partial charge in [0, 0.05) is 25.3 Å². The summed E-state index contributed by atoms with van der Waals surface area (Å²) in [5, 5.41) is 0.